The van der Waals surface area contributed by atoms with Crippen LogP contribution < -0.4 is 0 Å². The number of hydrogen-bond donors (Lipinski definition) is 0. The number of imidazole rings is 2. The molecule has 3 heterocycles. The molecule has 0 saturated carbocycles. The fourth-order valence-corrected chi connectivity index (χ4v) is 8.62. The van der Waals surface area contributed by atoms with Crippen molar-refractivity contribution in [3.8, 4) is 51.0 Å². The first kappa shape index (κ1) is 32.3. The van der Waals surface area contributed by atoms with E-state index in [9.17, 15) is 0 Å². The Morgan fingerprint density at radius 3 is 1.38 bits per heavy atom. The molecular weight excluding hydrogens is 709 g/mol. The summed E-state index contributed by atoms with van der Waals surface area (Å²) in [6.07, 6.45) is 0. The third kappa shape index (κ3) is 5.05. The monoisotopic (exact) mass is 740 g/mol. The van der Waals surface area contributed by atoms with Crippen LogP contribution in [0.25, 0.3) is 111 Å². The molecule has 3 aromatic heterocycles. The molecule has 0 aliphatic carbocycles. The molecule has 12 rings (SSSR count). The summed E-state index contributed by atoms with van der Waals surface area (Å²) in [5.74, 6) is 2.75. The van der Waals surface area contributed by atoms with Gasteiger partial charge < -0.3 is 0 Å². The van der Waals surface area contributed by atoms with Crippen LogP contribution >= 0.6 is 0 Å². The van der Waals surface area contributed by atoms with Crippen molar-refractivity contribution < 1.29 is 0 Å². The van der Waals surface area contributed by atoms with E-state index < -0.39 is 0 Å². The van der Waals surface area contributed by atoms with Crippen molar-refractivity contribution in [3.05, 3.63) is 194 Å². The molecule has 0 atom stereocenters. The van der Waals surface area contributed by atoms with E-state index in [0.717, 1.165) is 55.8 Å². The van der Waals surface area contributed by atoms with E-state index >= 15 is 0 Å². The Kier molecular flexibility index (Phi) is 7.13. The largest absolute Gasteiger partial charge is 0.278 e. The summed E-state index contributed by atoms with van der Waals surface area (Å²) in [7, 11) is 0. The first-order valence-electron chi connectivity index (χ1n) is 19.5. The highest BCUT2D eigenvalue weighted by Crippen LogP contribution is 2.39. The van der Waals surface area contributed by atoms with E-state index in [1.165, 1.54) is 37.9 Å². The molecule has 270 valence electrons. The summed E-state index contributed by atoms with van der Waals surface area (Å²) in [4.78, 5) is 20.0. The summed E-state index contributed by atoms with van der Waals surface area (Å²) in [6.45, 7) is 0. The average Bonchev–Trinajstić information content (AvgIpc) is 3.84. The summed E-state index contributed by atoms with van der Waals surface area (Å²) in [5.41, 5.74) is 10.3. The minimum Gasteiger partial charge on any atom is -0.278 e. The van der Waals surface area contributed by atoms with Gasteiger partial charge in [0, 0.05) is 22.4 Å². The molecule has 9 aromatic carbocycles. The summed E-state index contributed by atoms with van der Waals surface area (Å²) >= 11 is 0. The molecular formula is C52H32N6. The normalized spacial score (nSPS) is 11.8. The molecule has 0 radical (unpaired) electrons. The van der Waals surface area contributed by atoms with Gasteiger partial charge in [0.05, 0.1) is 22.1 Å². The maximum Gasteiger partial charge on any atom is 0.220 e. The summed E-state index contributed by atoms with van der Waals surface area (Å²) in [6, 6.07) is 68.1. The molecule has 0 fully saturated rings. The van der Waals surface area contributed by atoms with Gasteiger partial charge in [0.25, 0.3) is 0 Å². The fraction of sp³-hybridized carbons (Fsp3) is 0. The molecule has 0 bridgehead atoms. The van der Waals surface area contributed by atoms with Crippen molar-refractivity contribution in [2.45, 2.75) is 0 Å². The Morgan fingerprint density at radius 2 is 0.759 bits per heavy atom. The molecule has 6 heteroatoms. The zero-order valence-corrected chi connectivity index (χ0v) is 31.2. The third-order valence-electron chi connectivity index (χ3n) is 11.4. The Hall–Kier alpha value is -7.96. The van der Waals surface area contributed by atoms with E-state index in [2.05, 4.69) is 136 Å². The van der Waals surface area contributed by atoms with Crippen LogP contribution in [0.15, 0.2) is 194 Å². The molecule has 58 heavy (non-hydrogen) atoms. The van der Waals surface area contributed by atoms with Gasteiger partial charge in [0.15, 0.2) is 17.5 Å². The second-order valence-corrected chi connectivity index (χ2v) is 14.7. The maximum atomic E-state index is 5.20. The number of rotatable bonds is 5. The van der Waals surface area contributed by atoms with Crippen molar-refractivity contribution in [1.29, 1.82) is 0 Å². The minimum absolute atomic E-state index is 0.620. The molecule has 6 nitrogen and oxygen atoms in total. The Labute approximate surface area is 333 Å². The smallest absolute Gasteiger partial charge is 0.220 e. The van der Waals surface area contributed by atoms with E-state index in [-0.39, 0.29) is 0 Å². The molecule has 0 aliphatic rings. The predicted molar refractivity (Wildman–Crippen MR) is 237 cm³/mol. The first-order chi connectivity index (χ1) is 28.7. The number of fused-ring (bicyclic) bond motifs is 11. The summed E-state index contributed by atoms with van der Waals surface area (Å²) in [5, 5.41) is 7.62. The number of nitrogens with zero attached hydrogens (tertiary/aromatic N) is 6. The number of para-hydroxylation sites is 2. The second-order valence-electron chi connectivity index (χ2n) is 14.7. The molecule has 0 spiro atoms. The van der Waals surface area contributed by atoms with E-state index in [4.69, 9.17) is 19.9 Å². The lowest BCUT2D eigenvalue weighted by molar-refractivity contribution is 1.07. The topological polar surface area (TPSA) is 60.9 Å². The van der Waals surface area contributed by atoms with Crippen LogP contribution in [-0.2, 0) is 0 Å². The van der Waals surface area contributed by atoms with Crippen molar-refractivity contribution in [1.82, 2.24) is 28.9 Å². The lowest BCUT2D eigenvalue weighted by Crippen LogP contribution is -2.00. The van der Waals surface area contributed by atoms with Gasteiger partial charge in [-0.2, -0.15) is 0 Å². The molecule has 0 N–H and O–H groups in total. The van der Waals surface area contributed by atoms with Crippen LogP contribution in [0, 0.1) is 0 Å². The van der Waals surface area contributed by atoms with Gasteiger partial charge in [-0.1, -0.05) is 140 Å². The van der Waals surface area contributed by atoms with Crippen LogP contribution in [0.5, 0.6) is 0 Å². The van der Waals surface area contributed by atoms with Crippen LogP contribution in [-0.4, -0.2) is 28.9 Å². The molecule has 0 aliphatic heterocycles. The SMILES string of the molecule is c1ccc(-c2nc(-c3ccccc3)nc(-c3ccc(-n4c5ccc(-c6ccc7c8ccccc8c8ccccc8c7c6)cc5n5c6ccccc6nc45)cc3)n2)cc1. The van der Waals surface area contributed by atoms with E-state index in [0.29, 0.717) is 17.5 Å². The van der Waals surface area contributed by atoms with Crippen LogP contribution in [0.3, 0.4) is 0 Å². The van der Waals surface area contributed by atoms with Gasteiger partial charge in [-0.3, -0.25) is 8.97 Å². The van der Waals surface area contributed by atoms with Crippen molar-refractivity contribution in [3.63, 3.8) is 0 Å². The quantitative estimate of drug-likeness (QED) is 0.165. The van der Waals surface area contributed by atoms with Gasteiger partial charge in [-0.15, -0.1) is 0 Å². The van der Waals surface area contributed by atoms with Gasteiger partial charge >= 0.3 is 0 Å². The molecule has 0 unspecified atom stereocenters. The predicted octanol–water partition coefficient (Wildman–Crippen LogP) is 12.7. The lowest BCUT2D eigenvalue weighted by atomic mass is 9.92. The highest BCUT2D eigenvalue weighted by Gasteiger charge is 2.19. The second kappa shape index (κ2) is 12.8. The molecule has 12 aromatic rings. The van der Waals surface area contributed by atoms with Gasteiger partial charge in [-0.05, 0) is 98.0 Å². The number of benzene rings is 9. The fourth-order valence-electron chi connectivity index (χ4n) is 8.62. The van der Waals surface area contributed by atoms with Gasteiger partial charge in [0.2, 0.25) is 5.78 Å². The van der Waals surface area contributed by atoms with E-state index in [1.54, 1.807) is 0 Å². The van der Waals surface area contributed by atoms with E-state index in [1.807, 2.05) is 66.7 Å². The van der Waals surface area contributed by atoms with Gasteiger partial charge in [0.1, 0.15) is 0 Å². The highest BCUT2D eigenvalue weighted by molar-refractivity contribution is 6.25. The first-order valence-corrected chi connectivity index (χ1v) is 19.5. The zero-order valence-electron chi connectivity index (χ0n) is 31.2. The standard InChI is InChI=1S/C52H32N6/c1-3-13-33(14-4-1)49-54-50(34-15-5-2-6-16-34)56-51(55-49)35-23-27-38(28-24-35)57-47-30-26-37(32-48(47)58-46-22-12-11-21-45(46)53-52(57)58)36-25-29-43-41-19-8-7-17-39(41)40-18-9-10-20-42(40)44(43)31-36/h1-32H. The Balaban J connectivity index is 1.01. The third-order valence-corrected chi connectivity index (χ3v) is 11.4. The van der Waals surface area contributed by atoms with Crippen molar-refractivity contribution in [2.75, 3.05) is 0 Å². The Morgan fingerprint density at radius 1 is 0.293 bits per heavy atom. The van der Waals surface area contributed by atoms with Gasteiger partial charge in [-0.25, -0.2) is 19.9 Å². The molecule has 0 amide bonds. The average molecular weight is 741 g/mol. The molecule has 0 saturated heterocycles. The number of aromatic nitrogens is 6. The maximum absolute atomic E-state index is 5.20. The van der Waals surface area contributed by atoms with Crippen LogP contribution in [0.1, 0.15) is 0 Å². The van der Waals surface area contributed by atoms with Crippen molar-refractivity contribution in [2.24, 2.45) is 0 Å². The highest BCUT2D eigenvalue weighted by atomic mass is 15.2. The van der Waals surface area contributed by atoms with Crippen LogP contribution in [0.4, 0.5) is 0 Å². The number of hydrogen-bond acceptors (Lipinski definition) is 4. The Bertz CT molecular complexity index is 3460. The zero-order chi connectivity index (χ0) is 38.2. The van der Waals surface area contributed by atoms with Crippen molar-refractivity contribution >= 4 is 60.2 Å². The lowest BCUT2D eigenvalue weighted by Gasteiger charge is -2.12. The summed E-state index contributed by atoms with van der Waals surface area (Å²) < 4.78 is 4.54. The minimum atomic E-state index is 0.620. The van der Waals surface area contributed by atoms with Crippen LogP contribution in [0.2, 0.25) is 0 Å².